The van der Waals surface area contributed by atoms with Crippen LogP contribution in [0.4, 0.5) is 34.8 Å². The number of likely N-dealkylation sites (tertiary alicyclic amines) is 1. The molecule has 5 aromatic rings. The van der Waals surface area contributed by atoms with E-state index < -0.39 is 23.8 Å². The number of ether oxygens (including phenoxy) is 3. The van der Waals surface area contributed by atoms with E-state index in [2.05, 4.69) is 35.4 Å². The van der Waals surface area contributed by atoms with E-state index in [4.69, 9.17) is 9.47 Å². The second-order valence-electron chi connectivity index (χ2n) is 10.8. The standard InChI is InChI=1S/C31H28F4N8O4/c1-17-9-23(27(47-31(33,34)35)14-25(17)46-19-6-8-43-28(11-19)37-16-39-43)40-29-20-12-24(26(45-3)13-22(20)36-15-38-29)41-30(44)21(32)10-18-5-4-7-42(18)2/h6,8-16,18H,4-5,7H2,1-3H3,(H,41,44)(H,36,38,40)/b21-10+/t18-/m1/s1. The van der Waals surface area contributed by atoms with Crippen LogP contribution in [-0.2, 0) is 4.79 Å². The minimum atomic E-state index is -5.03. The molecule has 1 aliphatic heterocycles. The van der Waals surface area contributed by atoms with Crippen LogP contribution in [0, 0.1) is 6.92 Å². The van der Waals surface area contributed by atoms with Crippen LogP contribution in [0.1, 0.15) is 18.4 Å². The molecule has 16 heteroatoms. The monoisotopic (exact) mass is 652 g/mol. The van der Waals surface area contributed by atoms with Crippen molar-refractivity contribution in [2.45, 2.75) is 32.2 Å². The maximum absolute atomic E-state index is 14.9. The Kier molecular flexibility index (Phi) is 8.51. The molecular weight excluding hydrogens is 624 g/mol. The summed E-state index contributed by atoms with van der Waals surface area (Å²) in [6.45, 7) is 2.45. The SMILES string of the molecule is COc1cc2ncnc(Nc3cc(C)c(Oc4ccn5ncnc5c4)cc3OC(F)(F)F)c2cc1NC(=O)/C(F)=C\[C@H]1CCCN1C. The Balaban J connectivity index is 1.33. The number of alkyl halides is 3. The molecule has 0 unspecified atom stereocenters. The molecule has 2 N–H and O–H groups in total. The summed E-state index contributed by atoms with van der Waals surface area (Å²) in [5.74, 6) is -1.86. The fraction of sp³-hybridized carbons (Fsp3) is 0.258. The third-order valence-electron chi connectivity index (χ3n) is 7.57. The van der Waals surface area contributed by atoms with Gasteiger partial charge in [0, 0.05) is 35.8 Å². The highest BCUT2D eigenvalue weighted by atomic mass is 19.4. The number of carbonyl (C=O) groups is 1. The predicted molar refractivity (Wildman–Crippen MR) is 164 cm³/mol. The zero-order chi connectivity index (χ0) is 33.3. The largest absolute Gasteiger partial charge is 0.573 e. The van der Waals surface area contributed by atoms with Gasteiger partial charge in [0.15, 0.2) is 17.2 Å². The van der Waals surface area contributed by atoms with E-state index in [0.717, 1.165) is 25.5 Å². The number of rotatable bonds is 9. The van der Waals surface area contributed by atoms with Gasteiger partial charge in [0.25, 0.3) is 5.91 Å². The van der Waals surface area contributed by atoms with E-state index in [1.165, 1.54) is 48.6 Å². The zero-order valence-corrected chi connectivity index (χ0v) is 25.3. The summed E-state index contributed by atoms with van der Waals surface area (Å²) in [7, 11) is 3.22. The molecule has 1 amide bonds. The Morgan fingerprint density at radius 3 is 2.62 bits per heavy atom. The van der Waals surface area contributed by atoms with Gasteiger partial charge in [-0.3, -0.25) is 9.69 Å². The van der Waals surface area contributed by atoms with Crippen molar-refractivity contribution in [2.24, 2.45) is 0 Å². The maximum atomic E-state index is 14.9. The van der Waals surface area contributed by atoms with E-state index in [9.17, 15) is 22.4 Å². The number of aryl methyl sites for hydroxylation is 1. The fourth-order valence-electron chi connectivity index (χ4n) is 5.22. The first-order valence-electron chi connectivity index (χ1n) is 14.3. The fourth-order valence-corrected chi connectivity index (χ4v) is 5.22. The molecule has 3 aromatic heterocycles. The molecule has 244 valence electrons. The molecule has 0 bridgehead atoms. The average Bonchev–Trinajstić information content (AvgIpc) is 3.66. The third kappa shape index (κ3) is 7.01. The quantitative estimate of drug-likeness (QED) is 0.138. The minimum absolute atomic E-state index is 0.0779. The lowest BCUT2D eigenvalue weighted by Gasteiger charge is -2.19. The number of nitrogens with zero attached hydrogens (tertiary/aromatic N) is 6. The number of hydrogen-bond donors (Lipinski definition) is 2. The number of amides is 1. The predicted octanol–water partition coefficient (Wildman–Crippen LogP) is 6.31. The number of fused-ring (bicyclic) bond motifs is 2. The summed E-state index contributed by atoms with van der Waals surface area (Å²) in [5.41, 5.74) is 1.29. The Labute approximate surface area is 265 Å². The summed E-state index contributed by atoms with van der Waals surface area (Å²) < 4.78 is 72.7. The molecule has 6 rings (SSSR count). The van der Waals surface area contributed by atoms with E-state index in [-0.39, 0.29) is 34.7 Å². The molecule has 1 atom stereocenters. The summed E-state index contributed by atoms with van der Waals surface area (Å²) in [6.07, 6.45) is 2.03. The van der Waals surface area contributed by atoms with Gasteiger partial charge in [-0.1, -0.05) is 0 Å². The minimum Gasteiger partial charge on any atom is -0.494 e. The van der Waals surface area contributed by atoms with Gasteiger partial charge in [0.1, 0.15) is 35.7 Å². The smallest absolute Gasteiger partial charge is 0.494 e. The van der Waals surface area contributed by atoms with Crippen LogP contribution in [0.25, 0.3) is 16.6 Å². The molecule has 1 fully saturated rings. The van der Waals surface area contributed by atoms with Crippen molar-refractivity contribution < 1.29 is 36.6 Å². The second kappa shape index (κ2) is 12.7. The highest BCUT2D eigenvalue weighted by Crippen LogP contribution is 2.41. The van der Waals surface area contributed by atoms with E-state index in [0.29, 0.717) is 27.9 Å². The highest BCUT2D eigenvalue weighted by molar-refractivity contribution is 6.05. The topological polar surface area (TPSA) is 128 Å². The van der Waals surface area contributed by atoms with Gasteiger partial charge in [-0.2, -0.15) is 5.10 Å². The Morgan fingerprint density at radius 2 is 1.87 bits per heavy atom. The number of likely N-dealkylation sites (N-methyl/N-ethyl adjacent to an activating group) is 1. The van der Waals surface area contributed by atoms with Crippen LogP contribution in [0.3, 0.4) is 0 Å². The number of benzene rings is 2. The van der Waals surface area contributed by atoms with Crippen molar-refractivity contribution >= 4 is 39.6 Å². The van der Waals surface area contributed by atoms with Crippen molar-refractivity contribution in [3.05, 3.63) is 72.7 Å². The van der Waals surface area contributed by atoms with Crippen molar-refractivity contribution in [3.63, 3.8) is 0 Å². The molecule has 4 heterocycles. The van der Waals surface area contributed by atoms with Gasteiger partial charge in [0.2, 0.25) is 0 Å². The first-order valence-corrected chi connectivity index (χ1v) is 14.3. The van der Waals surface area contributed by atoms with E-state index in [1.807, 2.05) is 11.9 Å². The molecule has 0 spiro atoms. The molecule has 47 heavy (non-hydrogen) atoms. The zero-order valence-electron chi connectivity index (χ0n) is 25.3. The van der Waals surface area contributed by atoms with Gasteiger partial charge in [-0.05, 0) is 63.2 Å². The number of anilines is 3. The van der Waals surface area contributed by atoms with Crippen molar-refractivity contribution in [3.8, 4) is 23.0 Å². The first-order chi connectivity index (χ1) is 22.5. The van der Waals surface area contributed by atoms with Gasteiger partial charge >= 0.3 is 6.36 Å². The number of hydrogen-bond acceptors (Lipinski definition) is 10. The second-order valence-corrected chi connectivity index (χ2v) is 10.8. The van der Waals surface area contributed by atoms with E-state index >= 15 is 0 Å². The molecule has 1 aliphatic rings. The van der Waals surface area contributed by atoms with Crippen LogP contribution >= 0.6 is 0 Å². The van der Waals surface area contributed by atoms with Crippen molar-refractivity contribution in [1.29, 1.82) is 0 Å². The molecular formula is C31H28F4N8O4. The molecule has 12 nitrogen and oxygen atoms in total. The highest BCUT2D eigenvalue weighted by Gasteiger charge is 2.33. The normalized spacial score (nSPS) is 15.6. The lowest BCUT2D eigenvalue weighted by atomic mass is 10.1. The summed E-state index contributed by atoms with van der Waals surface area (Å²) in [4.78, 5) is 27.3. The van der Waals surface area contributed by atoms with Crippen LogP contribution in [0.15, 0.2) is 67.2 Å². The number of carbonyl (C=O) groups excluding carboxylic acids is 1. The number of methoxy groups -OCH3 is 1. The van der Waals surface area contributed by atoms with Gasteiger partial charge < -0.3 is 24.8 Å². The number of aromatic nitrogens is 5. The van der Waals surface area contributed by atoms with Crippen molar-refractivity contribution in [1.82, 2.24) is 29.5 Å². The molecule has 2 aromatic carbocycles. The van der Waals surface area contributed by atoms with Gasteiger partial charge in [-0.25, -0.2) is 23.9 Å². The third-order valence-corrected chi connectivity index (χ3v) is 7.57. The lowest BCUT2D eigenvalue weighted by Crippen LogP contribution is -2.24. The molecule has 1 saturated heterocycles. The molecule has 0 saturated carbocycles. The van der Waals surface area contributed by atoms with Crippen LogP contribution in [-0.4, -0.2) is 68.5 Å². The van der Waals surface area contributed by atoms with Crippen LogP contribution in [0.2, 0.25) is 0 Å². The first kappa shape index (κ1) is 31.5. The number of halogens is 4. The van der Waals surface area contributed by atoms with E-state index in [1.54, 1.807) is 25.3 Å². The lowest BCUT2D eigenvalue weighted by molar-refractivity contribution is -0.274. The maximum Gasteiger partial charge on any atom is 0.573 e. The Bertz CT molecular complexity index is 2000. The number of nitrogens with one attached hydrogen (secondary N) is 2. The summed E-state index contributed by atoms with van der Waals surface area (Å²) >= 11 is 0. The van der Waals surface area contributed by atoms with Gasteiger partial charge in [0.05, 0.1) is 24.0 Å². The summed E-state index contributed by atoms with van der Waals surface area (Å²) in [6, 6.07) is 8.42. The Hall–Kier alpha value is -5.51. The van der Waals surface area contributed by atoms with Gasteiger partial charge in [-0.15, -0.1) is 13.2 Å². The molecule has 0 aliphatic carbocycles. The Morgan fingerprint density at radius 1 is 1.04 bits per heavy atom. The molecule has 0 radical (unpaired) electrons. The van der Waals surface area contributed by atoms with Crippen LogP contribution in [0.5, 0.6) is 23.0 Å². The number of pyridine rings is 1. The average molecular weight is 653 g/mol. The van der Waals surface area contributed by atoms with Crippen LogP contribution < -0.4 is 24.8 Å². The van der Waals surface area contributed by atoms with Crippen molar-refractivity contribution in [2.75, 3.05) is 31.3 Å². The summed E-state index contributed by atoms with van der Waals surface area (Å²) in [5, 5.41) is 9.70.